The van der Waals surface area contributed by atoms with E-state index in [1.54, 1.807) is 30.3 Å². The van der Waals surface area contributed by atoms with Gasteiger partial charge in [-0.15, -0.1) is 10.2 Å². The minimum absolute atomic E-state index is 0.103. The lowest BCUT2D eigenvalue weighted by molar-refractivity contribution is -0.384. The second-order valence-corrected chi connectivity index (χ2v) is 10.4. The number of nitro groups is 1. The molecule has 0 saturated heterocycles. The first-order chi connectivity index (χ1) is 18.0. The van der Waals surface area contributed by atoms with Crippen LogP contribution >= 0.6 is 23.1 Å². The van der Waals surface area contributed by atoms with Crippen LogP contribution in [0.5, 0.6) is 0 Å². The first kappa shape index (κ1) is 23.1. The summed E-state index contributed by atoms with van der Waals surface area (Å²) < 4.78 is 6.56. The summed E-state index contributed by atoms with van der Waals surface area (Å²) in [5, 5.41) is 20.6. The molecule has 0 spiro atoms. The smallest absolute Gasteiger partial charge is 0.297 e. The minimum Gasteiger partial charge on any atom is -0.450 e. The fraction of sp³-hybridized carbons (Fsp3) is 0.0769. The lowest BCUT2D eigenvalue weighted by Gasteiger charge is -2.21. The highest BCUT2D eigenvalue weighted by Crippen LogP contribution is 2.43. The van der Waals surface area contributed by atoms with Crippen molar-refractivity contribution in [2.24, 2.45) is 0 Å². The predicted octanol–water partition coefficient (Wildman–Crippen LogP) is 5.59. The number of non-ortho nitro benzene ring substituents is 1. The van der Waals surface area contributed by atoms with Crippen molar-refractivity contribution in [3.05, 3.63) is 122 Å². The zero-order valence-electron chi connectivity index (χ0n) is 18.9. The SMILES string of the molecule is O=C1c2oc3ccccc3c(=O)c2C(c2cccc([N+](=O)[O-])c2)N1c1nnc(SCc2ccccc2)s1. The van der Waals surface area contributed by atoms with Crippen molar-refractivity contribution in [3.8, 4) is 0 Å². The number of carbonyl (C=O) groups is 1. The fourth-order valence-electron chi connectivity index (χ4n) is 4.32. The Morgan fingerprint density at radius 3 is 2.59 bits per heavy atom. The highest BCUT2D eigenvalue weighted by molar-refractivity contribution is 8.00. The molecule has 0 bridgehead atoms. The van der Waals surface area contributed by atoms with Gasteiger partial charge in [0, 0.05) is 17.9 Å². The van der Waals surface area contributed by atoms with Crippen molar-refractivity contribution in [1.82, 2.24) is 10.2 Å². The summed E-state index contributed by atoms with van der Waals surface area (Å²) >= 11 is 2.69. The van der Waals surface area contributed by atoms with E-state index in [-0.39, 0.29) is 33.2 Å². The van der Waals surface area contributed by atoms with Crippen molar-refractivity contribution in [1.29, 1.82) is 0 Å². The van der Waals surface area contributed by atoms with Crippen LogP contribution in [0.3, 0.4) is 0 Å². The van der Waals surface area contributed by atoms with Gasteiger partial charge in [0.1, 0.15) is 5.58 Å². The maximum absolute atomic E-state index is 13.7. The first-order valence-electron chi connectivity index (χ1n) is 11.1. The normalized spacial score (nSPS) is 14.8. The second-order valence-electron chi connectivity index (χ2n) is 8.22. The number of nitrogens with zero attached hydrogens (tertiary/aromatic N) is 4. The van der Waals surface area contributed by atoms with E-state index in [4.69, 9.17) is 4.42 Å². The van der Waals surface area contributed by atoms with Crippen molar-refractivity contribution in [3.63, 3.8) is 0 Å². The van der Waals surface area contributed by atoms with Crippen molar-refractivity contribution in [2.75, 3.05) is 4.90 Å². The van der Waals surface area contributed by atoms with E-state index in [1.807, 2.05) is 30.3 Å². The Bertz CT molecular complexity index is 1730. The van der Waals surface area contributed by atoms with E-state index in [9.17, 15) is 19.7 Å². The summed E-state index contributed by atoms with van der Waals surface area (Å²) in [6.45, 7) is 0. The van der Waals surface area contributed by atoms with Crippen LogP contribution in [0.25, 0.3) is 11.0 Å². The molecule has 5 aromatic rings. The topological polar surface area (TPSA) is 119 Å². The molecule has 1 aliphatic heterocycles. The van der Waals surface area contributed by atoms with Crippen LogP contribution in [0.15, 0.2) is 92.4 Å². The number of hydrogen-bond donors (Lipinski definition) is 0. The number of aromatic nitrogens is 2. The Balaban J connectivity index is 1.46. The summed E-state index contributed by atoms with van der Waals surface area (Å²) in [6, 6.07) is 21.5. The number of rotatable bonds is 6. The lowest BCUT2D eigenvalue weighted by Crippen LogP contribution is -2.29. The third kappa shape index (κ3) is 4.07. The second kappa shape index (κ2) is 9.26. The van der Waals surface area contributed by atoms with E-state index < -0.39 is 16.9 Å². The first-order valence-corrected chi connectivity index (χ1v) is 13.0. The molecule has 11 heteroatoms. The van der Waals surface area contributed by atoms with Crippen LogP contribution in [-0.2, 0) is 5.75 Å². The molecule has 37 heavy (non-hydrogen) atoms. The highest BCUT2D eigenvalue weighted by Gasteiger charge is 2.45. The van der Waals surface area contributed by atoms with Crippen LogP contribution in [0.4, 0.5) is 10.8 Å². The molecule has 9 nitrogen and oxygen atoms in total. The van der Waals surface area contributed by atoms with Gasteiger partial charge < -0.3 is 4.42 Å². The molecular formula is C26H16N4O5S2. The Morgan fingerprint density at radius 1 is 1.00 bits per heavy atom. The minimum atomic E-state index is -0.955. The van der Waals surface area contributed by atoms with Gasteiger partial charge in [-0.05, 0) is 23.3 Å². The molecule has 0 fully saturated rings. The van der Waals surface area contributed by atoms with Gasteiger partial charge in [-0.3, -0.25) is 24.6 Å². The molecular weight excluding hydrogens is 512 g/mol. The molecule has 0 radical (unpaired) electrons. The van der Waals surface area contributed by atoms with E-state index in [0.29, 0.717) is 21.0 Å². The number of hydrogen-bond acceptors (Lipinski definition) is 9. The Hall–Kier alpha value is -4.35. The monoisotopic (exact) mass is 528 g/mol. The number of benzene rings is 3. The molecule has 6 rings (SSSR count). The van der Waals surface area contributed by atoms with E-state index in [0.717, 1.165) is 5.56 Å². The van der Waals surface area contributed by atoms with E-state index in [2.05, 4.69) is 10.2 Å². The van der Waals surface area contributed by atoms with E-state index >= 15 is 0 Å². The zero-order chi connectivity index (χ0) is 25.5. The van der Waals surface area contributed by atoms with Gasteiger partial charge in [-0.1, -0.05) is 77.7 Å². The van der Waals surface area contributed by atoms with E-state index in [1.165, 1.54) is 46.2 Å². The van der Waals surface area contributed by atoms with Gasteiger partial charge >= 0.3 is 0 Å². The van der Waals surface area contributed by atoms with Gasteiger partial charge in [0.25, 0.3) is 11.6 Å². The van der Waals surface area contributed by atoms with Gasteiger partial charge in [0.15, 0.2) is 9.77 Å². The maximum atomic E-state index is 13.7. The van der Waals surface area contributed by atoms with Crippen molar-refractivity contribution < 1.29 is 14.1 Å². The molecule has 0 saturated carbocycles. The molecule has 1 aliphatic rings. The van der Waals surface area contributed by atoms with Crippen LogP contribution in [0.2, 0.25) is 0 Å². The number of amides is 1. The average molecular weight is 529 g/mol. The van der Waals surface area contributed by atoms with Gasteiger partial charge in [-0.2, -0.15) is 0 Å². The molecule has 182 valence electrons. The van der Waals surface area contributed by atoms with Gasteiger partial charge in [0.2, 0.25) is 10.9 Å². The summed E-state index contributed by atoms with van der Waals surface area (Å²) in [5.41, 5.74) is 1.41. The highest BCUT2D eigenvalue weighted by atomic mass is 32.2. The number of thioether (sulfide) groups is 1. The molecule has 2 aromatic heterocycles. The number of anilines is 1. The van der Waals surface area contributed by atoms with Crippen LogP contribution in [0.1, 0.15) is 33.3 Å². The van der Waals surface area contributed by atoms with Gasteiger partial charge in [0.05, 0.1) is 21.9 Å². The number of para-hydroxylation sites is 1. The average Bonchev–Trinajstić information content (AvgIpc) is 3.50. The van der Waals surface area contributed by atoms with Crippen LogP contribution in [0, 0.1) is 10.1 Å². The molecule has 1 unspecified atom stereocenters. The number of carbonyl (C=O) groups excluding carboxylic acids is 1. The standard InChI is InChI=1S/C26H16N4O5S2/c31-22-18-11-4-5-12-19(18)35-23-20(22)21(16-9-6-10-17(13-16)30(33)34)29(24(23)32)25-27-28-26(37-25)36-14-15-7-2-1-3-8-15/h1-13,21H,14H2. The zero-order valence-corrected chi connectivity index (χ0v) is 20.6. The predicted molar refractivity (Wildman–Crippen MR) is 140 cm³/mol. The Morgan fingerprint density at radius 2 is 1.78 bits per heavy atom. The third-order valence-electron chi connectivity index (χ3n) is 5.98. The van der Waals surface area contributed by atoms with Crippen LogP contribution in [-0.4, -0.2) is 21.0 Å². The quantitative estimate of drug-likeness (QED) is 0.121. The Labute approximate surface area is 217 Å². The van der Waals surface area contributed by atoms with Gasteiger partial charge in [-0.25, -0.2) is 0 Å². The fourth-order valence-corrected chi connectivity index (χ4v) is 6.14. The largest absolute Gasteiger partial charge is 0.450 e. The molecule has 1 amide bonds. The lowest BCUT2D eigenvalue weighted by atomic mass is 9.98. The van der Waals surface area contributed by atoms with Crippen molar-refractivity contribution in [2.45, 2.75) is 16.1 Å². The molecule has 1 atom stereocenters. The number of nitro benzene ring substituents is 1. The Kier molecular flexibility index (Phi) is 5.78. The summed E-state index contributed by atoms with van der Waals surface area (Å²) in [6.07, 6.45) is 0. The summed E-state index contributed by atoms with van der Waals surface area (Å²) in [5.74, 6) is 0.0163. The molecule has 3 heterocycles. The van der Waals surface area contributed by atoms with Crippen molar-refractivity contribution >= 4 is 50.8 Å². The molecule has 0 aliphatic carbocycles. The maximum Gasteiger partial charge on any atom is 0.297 e. The van der Waals surface area contributed by atoms with Crippen LogP contribution < -0.4 is 10.3 Å². The molecule has 0 N–H and O–H groups in total. The molecule has 3 aromatic carbocycles. The number of fused-ring (bicyclic) bond motifs is 2. The summed E-state index contributed by atoms with van der Waals surface area (Å²) in [7, 11) is 0. The summed E-state index contributed by atoms with van der Waals surface area (Å²) in [4.78, 5) is 39.6. The third-order valence-corrected chi connectivity index (χ3v) is 8.11.